The van der Waals surface area contributed by atoms with Crippen LogP contribution in [0.25, 0.3) is 0 Å². The van der Waals surface area contributed by atoms with E-state index in [9.17, 15) is 13.6 Å². The number of carbonyl (C=O) groups excluding carboxylic acids is 1. The van der Waals surface area contributed by atoms with E-state index in [-0.39, 0.29) is 10.2 Å². The van der Waals surface area contributed by atoms with Gasteiger partial charge in [0, 0.05) is 6.07 Å². The Kier molecular flexibility index (Phi) is 3.76. The molecule has 0 spiro atoms. The minimum Gasteiger partial charge on any atom is -0.322 e. The standard InChI is InChI=1S/C9H9BrF2N2O/c1-4(13)9(15)14-8-2-5(10)6(11)3-7(8)12/h2-4H,13H2,1H3,(H,14,15). The van der Waals surface area contributed by atoms with Crippen molar-refractivity contribution in [3.63, 3.8) is 0 Å². The lowest BCUT2D eigenvalue weighted by molar-refractivity contribution is -0.117. The number of benzene rings is 1. The van der Waals surface area contributed by atoms with E-state index in [0.717, 1.165) is 6.07 Å². The van der Waals surface area contributed by atoms with Crippen molar-refractivity contribution >= 4 is 27.5 Å². The largest absolute Gasteiger partial charge is 0.322 e. The predicted octanol–water partition coefficient (Wildman–Crippen LogP) is 2.01. The summed E-state index contributed by atoms with van der Waals surface area (Å²) in [5.74, 6) is -2.11. The monoisotopic (exact) mass is 278 g/mol. The Morgan fingerprint density at radius 3 is 2.60 bits per heavy atom. The molecule has 6 heteroatoms. The molecular formula is C9H9BrF2N2O. The number of carbonyl (C=O) groups is 1. The van der Waals surface area contributed by atoms with E-state index >= 15 is 0 Å². The summed E-state index contributed by atoms with van der Waals surface area (Å²) in [6, 6.07) is 1.07. The summed E-state index contributed by atoms with van der Waals surface area (Å²) in [5.41, 5.74) is 5.18. The van der Waals surface area contributed by atoms with Crippen LogP contribution in [-0.2, 0) is 4.79 Å². The van der Waals surface area contributed by atoms with E-state index in [0.29, 0.717) is 6.07 Å². The van der Waals surface area contributed by atoms with Gasteiger partial charge in [-0.2, -0.15) is 0 Å². The van der Waals surface area contributed by atoms with Gasteiger partial charge < -0.3 is 11.1 Å². The summed E-state index contributed by atoms with van der Waals surface area (Å²) in [6.07, 6.45) is 0. The average Bonchev–Trinajstić information content (AvgIpc) is 2.13. The highest BCUT2D eigenvalue weighted by atomic mass is 79.9. The fourth-order valence-electron chi connectivity index (χ4n) is 0.865. The van der Waals surface area contributed by atoms with Crippen molar-refractivity contribution in [1.82, 2.24) is 0 Å². The molecule has 0 fully saturated rings. The van der Waals surface area contributed by atoms with E-state index in [2.05, 4.69) is 21.2 Å². The Hall–Kier alpha value is -1.01. The maximum absolute atomic E-state index is 13.1. The molecule has 0 saturated heterocycles. The molecule has 1 atom stereocenters. The average molecular weight is 279 g/mol. The Morgan fingerprint density at radius 2 is 2.07 bits per heavy atom. The summed E-state index contributed by atoms with van der Waals surface area (Å²) >= 11 is 2.88. The quantitative estimate of drug-likeness (QED) is 0.814. The van der Waals surface area contributed by atoms with Crippen molar-refractivity contribution in [3.05, 3.63) is 28.2 Å². The molecule has 1 aromatic carbocycles. The molecule has 15 heavy (non-hydrogen) atoms. The van der Waals surface area contributed by atoms with Crippen LogP contribution in [0.3, 0.4) is 0 Å². The van der Waals surface area contributed by atoms with Crippen LogP contribution in [0.4, 0.5) is 14.5 Å². The summed E-state index contributed by atoms with van der Waals surface area (Å²) in [7, 11) is 0. The number of rotatable bonds is 2. The second kappa shape index (κ2) is 4.67. The summed E-state index contributed by atoms with van der Waals surface area (Å²) < 4.78 is 26.0. The highest BCUT2D eigenvalue weighted by Gasteiger charge is 2.13. The molecule has 1 amide bonds. The van der Waals surface area contributed by atoms with Gasteiger partial charge in [0.25, 0.3) is 0 Å². The molecule has 1 rings (SSSR count). The van der Waals surface area contributed by atoms with Crippen molar-refractivity contribution in [2.75, 3.05) is 5.32 Å². The third-order valence-corrected chi connectivity index (χ3v) is 2.29. The molecule has 3 N–H and O–H groups in total. The number of hydrogen-bond donors (Lipinski definition) is 2. The lowest BCUT2D eigenvalue weighted by atomic mass is 10.2. The van der Waals surface area contributed by atoms with Gasteiger partial charge in [0.15, 0.2) is 0 Å². The van der Waals surface area contributed by atoms with Gasteiger partial charge in [-0.25, -0.2) is 8.78 Å². The molecule has 82 valence electrons. The van der Waals surface area contributed by atoms with Gasteiger partial charge in [0.05, 0.1) is 16.2 Å². The molecule has 0 saturated carbocycles. The van der Waals surface area contributed by atoms with Crippen LogP contribution in [-0.4, -0.2) is 11.9 Å². The molecule has 0 aliphatic rings. The first-order valence-corrected chi connectivity index (χ1v) is 4.92. The number of amides is 1. The van der Waals surface area contributed by atoms with E-state index in [1.165, 1.54) is 6.92 Å². The number of anilines is 1. The summed E-state index contributed by atoms with van der Waals surface area (Å²) in [6.45, 7) is 1.46. The van der Waals surface area contributed by atoms with Crippen LogP contribution < -0.4 is 11.1 Å². The van der Waals surface area contributed by atoms with E-state index < -0.39 is 23.6 Å². The molecule has 3 nitrogen and oxygen atoms in total. The smallest absolute Gasteiger partial charge is 0.241 e. The minimum atomic E-state index is -0.843. The first kappa shape index (κ1) is 12.1. The first-order chi connectivity index (χ1) is 6.91. The maximum atomic E-state index is 13.1. The third-order valence-electron chi connectivity index (χ3n) is 1.68. The van der Waals surface area contributed by atoms with Gasteiger partial charge in [-0.05, 0) is 28.9 Å². The second-order valence-electron chi connectivity index (χ2n) is 3.02. The summed E-state index contributed by atoms with van der Waals surface area (Å²) in [4.78, 5) is 11.1. The van der Waals surface area contributed by atoms with Crippen molar-refractivity contribution < 1.29 is 13.6 Å². The second-order valence-corrected chi connectivity index (χ2v) is 3.88. The fraction of sp³-hybridized carbons (Fsp3) is 0.222. The van der Waals surface area contributed by atoms with Crippen molar-refractivity contribution in [3.8, 4) is 0 Å². The number of halogens is 3. The molecule has 0 aromatic heterocycles. The Balaban J connectivity index is 2.96. The predicted molar refractivity (Wildman–Crippen MR) is 56.3 cm³/mol. The zero-order chi connectivity index (χ0) is 11.6. The summed E-state index contributed by atoms with van der Waals surface area (Å²) in [5, 5.41) is 2.24. The third kappa shape index (κ3) is 2.97. The van der Waals surface area contributed by atoms with Crippen molar-refractivity contribution in [1.29, 1.82) is 0 Å². The van der Waals surface area contributed by atoms with E-state index in [1.807, 2.05) is 0 Å². The number of nitrogens with two attached hydrogens (primary N) is 1. The van der Waals surface area contributed by atoms with E-state index in [4.69, 9.17) is 5.73 Å². The highest BCUT2D eigenvalue weighted by Crippen LogP contribution is 2.23. The van der Waals surface area contributed by atoms with Gasteiger partial charge in [0.1, 0.15) is 11.6 Å². The number of nitrogens with one attached hydrogen (secondary N) is 1. The normalized spacial score (nSPS) is 12.3. The Morgan fingerprint density at radius 1 is 1.47 bits per heavy atom. The van der Waals surface area contributed by atoms with Gasteiger partial charge in [-0.15, -0.1) is 0 Å². The molecule has 0 aliphatic carbocycles. The topological polar surface area (TPSA) is 55.1 Å². The van der Waals surface area contributed by atoms with Crippen LogP contribution in [0.5, 0.6) is 0 Å². The molecule has 0 bridgehead atoms. The van der Waals surface area contributed by atoms with Crippen LogP contribution in [0, 0.1) is 11.6 Å². The Labute approximate surface area is 93.8 Å². The molecule has 0 aliphatic heterocycles. The molecular weight excluding hydrogens is 270 g/mol. The SMILES string of the molecule is CC(N)C(=O)Nc1cc(Br)c(F)cc1F. The van der Waals surface area contributed by atoms with Gasteiger partial charge in [-0.1, -0.05) is 0 Å². The number of hydrogen-bond acceptors (Lipinski definition) is 2. The zero-order valence-corrected chi connectivity index (χ0v) is 9.44. The molecule has 1 aromatic rings. The van der Waals surface area contributed by atoms with Gasteiger partial charge in [-0.3, -0.25) is 4.79 Å². The zero-order valence-electron chi connectivity index (χ0n) is 7.85. The van der Waals surface area contributed by atoms with Crippen LogP contribution >= 0.6 is 15.9 Å². The highest BCUT2D eigenvalue weighted by molar-refractivity contribution is 9.10. The van der Waals surface area contributed by atoms with E-state index in [1.54, 1.807) is 0 Å². The van der Waals surface area contributed by atoms with Crippen molar-refractivity contribution in [2.45, 2.75) is 13.0 Å². The maximum Gasteiger partial charge on any atom is 0.241 e. The van der Waals surface area contributed by atoms with Gasteiger partial charge >= 0.3 is 0 Å². The van der Waals surface area contributed by atoms with Crippen molar-refractivity contribution in [2.24, 2.45) is 5.73 Å². The van der Waals surface area contributed by atoms with Crippen LogP contribution in [0.1, 0.15) is 6.92 Å². The van der Waals surface area contributed by atoms with Crippen LogP contribution in [0.2, 0.25) is 0 Å². The molecule has 0 radical (unpaired) electrons. The fourth-order valence-corrected chi connectivity index (χ4v) is 1.21. The van der Waals surface area contributed by atoms with Crippen LogP contribution in [0.15, 0.2) is 16.6 Å². The first-order valence-electron chi connectivity index (χ1n) is 4.13. The molecule has 1 unspecified atom stereocenters. The molecule has 0 heterocycles. The lowest BCUT2D eigenvalue weighted by Gasteiger charge is -2.09. The Bertz CT molecular complexity index is 396. The van der Waals surface area contributed by atoms with Gasteiger partial charge in [0.2, 0.25) is 5.91 Å². The minimum absolute atomic E-state index is 0.0730. The lowest BCUT2D eigenvalue weighted by Crippen LogP contribution is -2.32.